The van der Waals surface area contributed by atoms with E-state index < -0.39 is 0 Å². The number of rotatable bonds is 3. The minimum atomic E-state index is -0.161. The molecule has 0 aliphatic carbocycles. The van der Waals surface area contributed by atoms with Crippen molar-refractivity contribution in [3.63, 3.8) is 0 Å². The molecule has 1 aliphatic rings. The average Bonchev–Trinajstić information content (AvgIpc) is 3.41. The molecule has 2 nitrogen and oxygen atoms in total. The Labute approximate surface area is 211 Å². The van der Waals surface area contributed by atoms with Gasteiger partial charge in [-0.25, -0.2) is 0 Å². The fourth-order valence-electron chi connectivity index (χ4n) is 5.77. The van der Waals surface area contributed by atoms with Gasteiger partial charge >= 0.3 is 0 Å². The van der Waals surface area contributed by atoms with Crippen molar-refractivity contribution in [2.45, 2.75) is 19.3 Å². The number of fused-ring (bicyclic) bond motifs is 5. The van der Waals surface area contributed by atoms with Crippen molar-refractivity contribution in [2.24, 2.45) is 4.99 Å². The number of hydrogen-bond donors (Lipinski definition) is 0. The van der Waals surface area contributed by atoms with E-state index in [4.69, 9.17) is 4.99 Å². The maximum atomic E-state index is 5.32. The highest BCUT2D eigenvalue weighted by Crippen LogP contribution is 2.48. The minimum Gasteiger partial charge on any atom is -0.309 e. The molecule has 2 heteroatoms. The average molecular weight is 463 g/mol. The summed E-state index contributed by atoms with van der Waals surface area (Å²) in [5.74, 6) is 0. The predicted molar refractivity (Wildman–Crippen MR) is 152 cm³/mol. The van der Waals surface area contributed by atoms with Crippen molar-refractivity contribution in [3.8, 4) is 16.8 Å². The zero-order valence-electron chi connectivity index (χ0n) is 20.4. The topological polar surface area (TPSA) is 17.3 Å². The molecular weight excluding hydrogens is 436 g/mol. The van der Waals surface area contributed by atoms with Crippen LogP contribution >= 0.6 is 0 Å². The smallest absolute Gasteiger partial charge is 0.0775 e. The van der Waals surface area contributed by atoms with E-state index >= 15 is 0 Å². The van der Waals surface area contributed by atoms with E-state index in [9.17, 15) is 0 Å². The lowest BCUT2D eigenvalue weighted by atomic mass is 9.78. The third-order valence-corrected chi connectivity index (χ3v) is 7.58. The van der Waals surface area contributed by atoms with Crippen LogP contribution in [-0.4, -0.2) is 10.3 Å². The molecule has 0 amide bonds. The molecule has 172 valence electrons. The van der Waals surface area contributed by atoms with Gasteiger partial charge in [-0.3, -0.25) is 4.99 Å². The molecule has 0 unspecified atom stereocenters. The van der Waals surface area contributed by atoms with Crippen LogP contribution in [0.3, 0.4) is 0 Å². The number of benzene rings is 5. The largest absolute Gasteiger partial charge is 0.309 e. The van der Waals surface area contributed by atoms with Crippen molar-refractivity contribution in [1.29, 1.82) is 0 Å². The van der Waals surface area contributed by atoms with E-state index in [0.717, 1.165) is 17.1 Å². The summed E-state index contributed by atoms with van der Waals surface area (Å²) in [4.78, 5) is 5.32. The molecule has 6 aromatic rings. The maximum Gasteiger partial charge on any atom is 0.0775 e. The fourth-order valence-corrected chi connectivity index (χ4v) is 5.77. The van der Waals surface area contributed by atoms with E-state index in [0.29, 0.717) is 0 Å². The molecule has 0 N–H and O–H groups in total. The van der Waals surface area contributed by atoms with Crippen LogP contribution in [0.15, 0.2) is 126 Å². The van der Waals surface area contributed by atoms with Gasteiger partial charge < -0.3 is 4.57 Å². The Morgan fingerprint density at radius 3 is 1.89 bits per heavy atom. The zero-order chi connectivity index (χ0) is 24.3. The summed E-state index contributed by atoms with van der Waals surface area (Å²) in [6, 6.07) is 43.3. The van der Waals surface area contributed by atoms with Gasteiger partial charge in [-0.2, -0.15) is 0 Å². The highest BCUT2D eigenvalue weighted by Gasteiger charge is 2.37. The number of aromatic nitrogens is 1. The van der Waals surface area contributed by atoms with Crippen molar-refractivity contribution < 1.29 is 0 Å². The van der Waals surface area contributed by atoms with E-state index in [1.165, 1.54) is 44.1 Å². The molecule has 0 bridgehead atoms. The van der Waals surface area contributed by atoms with Crippen molar-refractivity contribution in [1.82, 2.24) is 4.57 Å². The number of para-hydroxylation sites is 1. The van der Waals surface area contributed by atoms with Crippen LogP contribution in [0, 0.1) is 0 Å². The van der Waals surface area contributed by atoms with Crippen LogP contribution < -0.4 is 0 Å². The number of hydrogen-bond acceptors (Lipinski definition) is 1. The molecule has 0 radical (unpaired) electrons. The van der Waals surface area contributed by atoms with Crippen LogP contribution in [0.2, 0.25) is 0 Å². The van der Waals surface area contributed by atoms with E-state index in [1.54, 1.807) is 0 Å². The lowest BCUT2D eigenvalue weighted by molar-refractivity contribution is 0.738. The number of nitrogens with zero attached hydrogens (tertiary/aromatic N) is 2. The molecule has 1 aromatic heterocycles. The van der Waals surface area contributed by atoms with Gasteiger partial charge in [-0.05, 0) is 46.5 Å². The maximum absolute atomic E-state index is 5.32. The van der Waals surface area contributed by atoms with E-state index in [-0.39, 0.29) is 5.41 Å². The van der Waals surface area contributed by atoms with Crippen LogP contribution in [0.25, 0.3) is 38.6 Å². The predicted octanol–water partition coefficient (Wildman–Crippen LogP) is 8.86. The quantitative estimate of drug-likeness (QED) is 0.250. The monoisotopic (exact) mass is 462 g/mol. The Morgan fingerprint density at radius 2 is 1.17 bits per heavy atom. The van der Waals surface area contributed by atoms with Crippen molar-refractivity contribution in [2.75, 3.05) is 0 Å². The molecule has 7 rings (SSSR count). The summed E-state index contributed by atoms with van der Waals surface area (Å²) in [6.45, 7) is 4.58. The van der Waals surface area contributed by atoms with Gasteiger partial charge in [0.2, 0.25) is 0 Å². The van der Waals surface area contributed by atoms with Crippen molar-refractivity contribution in [3.05, 3.63) is 132 Å². The Balaban J connectivity index is 1.47. The summed E-state index contributed by atoms with van der Waals surface area (Å²) < 4.78 is 2.38. The van der Waals surface area contributed by atoms with Crippen LogP contribution in [0.4, 0.5) is 5.69 Å². The molecular formula is C34H26N2. The summed E-state index contributed by atoms with van der Waals surface area (Å²) in [7, 11) is 0. The first-order valence-corrected chi connectivity index (χ1v) is 12.5. The van der Waals surface area contributed by atoms with Gasteiger partial charge in [0.05, 0.1) is 22.4 Å². The molecule has 0 fully saturated rings. The molecule has 0 atom stereocenters. The molecule has 1 aliphatic heterocycles. The van der Waals surface area contributed by atoms with Crippen molar-refractivity contribution >= 4 is 33.2 Å². The first-order chi connectivity index (χ1) is 17.6. The van der Waals surface area contributed by atoms with Gasteiger partial charge in [-0.1, -0.05) is 111 Å². The highest BCUT2D eigenvalue weighted by molar-refractivity contribution is 6.21. The first kappa shape index (κ1) is 20.9. The fraction of sp³-hybridized carbons (Fsp3) is 0.0882. The normalized spacial score (nSPS) is 14.2. The second kappa shape index (κ2) is 7.79. The molecule has 5 aromatic carbocycles. The Kier molecular flexibility index (Phi) is 4.52. The summed E-state index contributed by atoms with van der Waals surface area (Å²) in [5, 5.41) is 2.47. The van der Waals surface area contributed by atoms with Crippen LogP contribution in [0.1, 0.15) is 25.0 Å². The van der Waals surface area contributed by atoms with Gasteiger partial charge in [0.25, 0.3) is 0 Å². The van der Waals surface area contributed by atoms with E-state index in [2.05, 4.69) is 140 Å². The lowest BCUT2D eigenvalue weighted by Gasteiger charge is -2.22. The lowest BCUT2D eigenvalue weighted by Crippen LogP contribution is -2.26. The summed E-state index contributed by atoms with van der Waals surface area (Å²) in [5.41, 5.74) is 10.6. The Bertz CT molecular complexity index is 1770. The molecule has 0 saturated heterocycles. The number of aliphatic imine (C=N–C) groups is 1. The highest BCUT2D eigenvalue weighted by atomic mass is 15.0. The standard InChI is InChI=1S/C34H26N2/c1-34(2)28-21-22-30-31(32(28)35-33(34)25-13-7-4-8-14-25)27-15-9-10-16-29(27)36(30)26-19-17-24(18-20-26)23-11-5-3-6-12-23/h3-22H,1-2H3. The molecule has 0 spiro atoms. The summed E-state index contributed by atoms with van der Waals surface area (Å²) in [6.07, 6.45) is 0. The third-order valence-electron chi connectivity index (χ3n) is 7.58. The van der Waals surface area contributed by atoms with Crippen LogP contribution in [-0.2, 0) is 5.41 Å². The van der Waals surface area contributed by atoms with Crippen LogP contribution in [0.5, 0.6) is 0 Å². The second-order valence-electron chi connectivity index (χ2n) is 10.1. The SMILES string of the molecule is CC1(C)C(c2ccccc2)=Nc2c1ccc1c2c2ccccc2n1-c1ccc(-c2ccccc2)cc1. The molecule has 0 saturated carbocycles. The minimum absolute atomic E-state index is 0.161. The third kappa shape index (κ3) is 3.01. The molecule has 36 heavy (non-hydrogen) atoms. The van der Waals surface area contributed by atoms with E-state index in [1.807, 2.05) is 0 Å². The Hall–Kier alpha value is -4.43. The molecule has 2 heterocycles. The van der Waals surface area contributed by atoms with Gasteiger partial charge in [0.15, 0.2) is 0 Å². The Morgan fingerprint density at radius 1 is 0.556 bits per heavy atom. The first-order valence-electron chi connectivity index (χ1n) is 12.5. The van der Waals surface area contributed by atoms with Gasteiger partial charge in [0, 0.05) is 21.9 Å². The van der Waals surface area contributed by atoms with Gasteiger partial charge in [0.1, 0.15) is 0 Å². The zero-order valence-corrected chi connectivity index (χ0v) is 20.4. The second-order valence-corrected chi connectivity index (χ2v) is 10.1. The summed E-state index contributed by atoms with van der Waals surface area (Å²) >= 11 is 0. The van der Waals surface area contributed by atoms with Gasteiger partial charge in [-0.15, -0.1) is 0 Å².